The molecule has 1 fully saturated rings. The average Bonchev–Trinajstić information content (AvgIpc) is 2.68. The first-order valence-electron chi connectivity index (χ1n) is 10.3. The second-order valence-corrected chi connectivity index (χ2v) is 8.06. The molecule has 1 unspecified atom stereocenters. The van der Waals surface area contributed by atoms with Gasteiger partial charge in [0.15, 0.2) is 0 Å². The van der Waals surface area contributed by atoms with Gasteiger partial charge >= 0.3 is 5.97 Å². The first kappa shape index (κ1) is 21.2. The van der Waals surface area contributed by atoms with Gasteiger partial charge in [-0.1, -0.05) is 37.6 Å². The number of aliphatic hydroxyl groups excluding tert-OH is 1. The maximum Gasteiger partial charge on any atom is 0.309 e. The van der Waals surface area contributed by atoms with Crippen molar-refractivity contribution < 1.29 is 24.9 Å². The number of methoxy groups -OCH3 is 1. The van der Waals surface area contributed by atoms with Crippen LogP contribution in [0, 0.1) is 11.8 Å². The van der Waals surface area contributed by atoms with E-state index in [2.05, 4.69) is 0 Å². The third-order valence-corrected chi connectivity index (χ3v) is 6.23. The van der Waals surface area contributed by atoms with Crippen LogP contribution in [0.15, 0.2) is 42.5 Å². The summed E-state index contributed by atoms with van der Waals surface area (Å²) in [5.41, 5.74) is 2.47. The van der Waals surface area contributed by atoms with Crippen LogP contribution in [0.5, 0.6) is 11.5 Å². The van der Waals surface area contributed by atoms with E-state index in [4.69, 9.17) is 4.74 Å². The molecule has 1 aliphatic rings. The predicted molar refractivity (Wildman–Crippen MR) is 111 cm³/mol. The minimum Gasteiger partial charge on any atom is -0.508 e. The van der Waals surface area contributed by atoms with Crippen molar-refractivity contribution in [2.45, 2.75) is 51.0 Å². The van der Waals surface area contributed by atoms with Crippen molar-refractivity contribution >= 4 is 5.97 Å². The van der Waals surface area contributed by atoms with Crippen LogP contribution in [0.2, 0.25) is 0 Å². The third-order valence-electron chi connectivity index (χ3n) is 6.23. The number of benzene rings is 2. The summed E-state index contributed by atoms with van der Waals surface area (Å²) in [6.07, 6.45) is 3.67. The third kappa shape index (κ3) is 4.91. The summed E-state index contributed by atoms with van der Waals surface area (Å²) in [5.74, 6) is 0.358. The van der Waals surface area contributed by atoms with Gasteiger partial charge in [0.1, 0.15) is 11.5 Å². The number of aromatic hydroxyl groups is 2. The molecule has 0 aliphatic heterocycles. The van der Waals surface area contributed by atoms with Gasteiger partial charge in [-0.2, -0.15) is 0 Å². The van der Waals surface area contributed by atoms with Crippen LogP contribution in [0.4, 0.5) is 0 Å². The number of phenols is 2. The zero-order valence-electron chi connectivity index (χ0n) is 17.0. The molecule has 2 aromatic carbocycles. The van der Waals surface area contributed by atoms with Gasteiger partial charge in [0, 0.05) is 0 Å². The zero-order chi connectivity index (χ0) is 21.0. The number of hydrogen-bond acceptors (Lipinski definition) is 5. The van der Waals surface area contributed by atoms with E-state index in [9.17, 15) is 20.1 Å². The fourth-order valence-corrected chi connectivity index (χ4v) is 4.26. The van der Waals surface area contributed by atoms with Crippen LogP contribution in [-0.2, 0) is 16.0 Å². The lowest BCUT2D eigenvalue weighted by molar-refractivity contribution is -0.146. The normalized spacial score (nSPS) is 17.2. The fraction of sp³-hybridized carbons (Fsp3) is 0.458. The van der Waals surface area contributed by atoms with Crippen LogP contribution in [-0.4, -0.2) is 28.4 Å². The molecular weight excluding hydrogens is 368 g/mol. The molecule has 5 heteroatoms. The number of esters is 1. The van der Waals surface area contributed by atoms with E-state index < -0.39 is 6.10 Å². The Hall–Kier alpha value is -2.53. The summed E-state index contributed by atoms with van der Waals surface area (Å²) in [6, 6.07) is 12.1. The molecule has 0 bridgehead atoms. The number of rotatable bonds is 8. The van der Waals surface area contributed by atoms with Crippen molar-refractivity contribution in [3.05, 3.63) is 59.2 Å². The van der Waals surface area contributed by atoms with E-state index in [0.717, 1.165) is 29.5 Å². The van der Waals surface area contributed by atoms with Gasteiger partial charge in [-0.15, -0.1) is 0 Å². The molecule has 1 aliphatic carbocycles. The van der Waals surface area contributed by atoms with Gasteiger partial charge in [0.25, 0.3) is 0 Å². The Kier molecular flexibility index (Phi) is 6.80. The van der Waals surface area contributed by atoms with Crippen LogP contribution in [0.1, 0.15) is 61.3 Å². The summed E-state index contributed by atoms with van der Waals surface area (Å²) >= 11 is 0. The van der Waals surface area contributed by atoms with Gasteiger partial charge in [0.2, 0.25) is 0 Å². The monoisotopic (exact) mass is 398 g/mol. The number of aryl methyl sites for hydroxylation is 1. The first-order chi connectivity index (χ1) is 13.9. The minimum absolute atomic E-state index is 0.0405. The molecule has 1 saturated carbocycles. The highest BCUT2D eigenvalue weighted by molar-refractivity contribution is 5.73. The average molecular weight is 398 g/mol. The molecule has 3 atom stereocenters. The summed E-state index contributed by atoms with van der Waals surface area (Å²) in [7, 11) is 1.41. The van der Waals surface area contributed by atoms with E-state index in [0.29, 0.717) is 18.8 Å². The van der Waals surface area contributed by atoms with Gasteiger partial charge in [-0.25, -0.2) is 0 Å². The van der Waals surface area contributed by atoms with E-state index >= 15 is 0 Å². The van der Waals surface area contributed by atoms with Crippen molar-refractivity contribution in [2.75, 3.05) is 7.11 Å². The molecule has 0 aromatic heterocycles. The van der Waals surface area contributed by atoms with E-state index in [-0.39, 0.29) is 29.3 Å². The highest BCUT2D eigenvalue weighted by Crippen LogP contribution is 2.44. The fourth-order valence-electron chi connectivity index (χ4n) is 4.26. The maximum absolute atomic E-state index is 12.1. The van der Waals surface area contributed by atoms with E-state index in [1.54, 1.807) is 30.3 Å². The van der Waals surface area contributed by atoms with Crippen LogP contribution in [0.3, 0.4) is 0 Å². The summed E-state index contributed by atoms with van der Waals surface area (Å²) in [5, 5.41) is 30.3. The standard InChI is InChI=1S/C24H30O5/c1-15(24(28)29-2)23(18-4-3-5-18)19-7-6-17(22(27)14-19)10-13-21(26)16-8-11-20(25)12-9-16/h6-9,11-12,14-15,18,21,23,25-27H,3-5,10,13H2,1-2H3/t15-,21?,23-/m0/s1. The van der Waals surface area contributed by atoms with Crippen LogP contribution in [0.25, 0.3) is 0 Å². The van der Waals surface area contributed by atoms with Crippen molar-refractivity contribution in [1.82, 2.24) is 0 Å². The number of carbonyl (C=O) groups is 1. The Labute approximate surface area is 172 Å². The number of hydrogen-bond donors (Lipinski definition) is 3. The van der Waals surface area contributed by atoms with Crippen LogP contribution >= 0.6 is 0 Å². The lowest BCUT2D eigenvalue weighted by atomic mass is 9.68. The molecule has 0 radical (unpaired) electrons. The highest BCUT2D eigenvalue weighted by atomic mass is 16.5. The summed E-state index contributed by atoms with van der Waals surface area (Å²) < 4.78 is 4.96. The van der Waals surface area contributed by atoms with Gasteiger partial charge < -0.3 is 20.1 Å². The second kappa shape index (κ2) is 9.31. The number of carbonyl (C=O) groups excluding carboxylic acids is 1. The van der Waals surface area contributed by atoms with Gasteiger partial charge in [-0.05, 0) is 72.4 Å². The number of aliphatic hydroxyl groups is 1. The molecule has 2 aromatic rings. The molecule has 156 valence electrons. The summed E-state index contributed by atoms with van der Waals surface area (Å²) in [6.45, 7) is 1.90. The number of ether oxygens (including phenoxy) is 1. The predicted octanol–water partition coefficient (Wildman–Crippen LogP) is 4.46. The topological polar surface area (TPSA) is 87.0 Å². The molecule has 0 heterocycles. The molecule has 0 saturated heterocycles. The smallest absolute Gasteiger partial charge is 0.309 e. The Morgan fingerprint density at radius 2 is 1.76 bits per heavy atom. The second-order valence-electron chi connectivity index (χ2n) is 8.06. The van der Waals surface area contributed by atoms with Crippen LogP contribution < -0.4 is 0 Å². The largest absolute Gasteiger partial charge is 0.508 e. The van der Waals surface area contributed by atoms with E-state index in [1.807, 2.05) is 19.1 Å². The molecule has 29 heavy (non-hydrogen) atoms. The molecule has 3 N–H and O–H groups in total. The lowest BCUT2D eigenvalue weighted by Crippen LogP contribution is -2.30. The van der Waals surface area contributed by atoms with Gasteiger partial charge in [-0.3, -0.25) is 4.79 Å². The lowest BCUT2D eigenvalue weighted by Gasteiger charge is -2.37. The SMILES string of the molecule is COC(=O)[C@@H](C)[C@H](c1ccc(CCC(O)c2ccc(O)cc2)c(O)c1)C1CCC1. The van der Waals surface area contributed by atoms with Crippen molar-refractivity contribution in [3.63, 3.8) is 0 Å². The van der Waals surface area contributed by atoms with Crippen molar-refractivity contribution in [2.24, 2.45) is 11.8 Å². The number of phenolic OH excluding ortho intramolecular Hbond substituents is 2. The van der Waals surface area contributed by atoms with Crippen molar-refractivity contribution in [1.29, 1.82) is 0 Å². The van der Waals surface area contributed by atoms with Crippen molar-refractivity contribution in [3.8, 4) is 11.5 Å². The van der Waals surface area contributed by atoms with Gasteiger partial charge in [0.05, 0.1) is 19.1 Å². The first-order valence-corrected chi connectivity index (χ1v) is 10.3. The zero-order valence-corrected chi connectivity index (χ0v) is 17.0. The minimum atomic E-state index is -0.670. The quantitative estimate of drug-likeness (QED) is 0.572. The Morgan fingerprint density at radius 3 is 2.31 bits per heavy atom. The molecule has 3 rings (SSSR count). The Bertz CT molecular complexity index is 826. The highest BCUT2D eigenvalue weighted by Gasteiger charge is 2.36. The van der Waals surface area contributed by atoms with E-state index in [1.165, 1.54) is 13.5 Å². The Morgan fingerprint density at radius 1 is 1.10 bits per heavy atom. The molecule has 0 amide bonds. The molecule has 5 nitrogen and oxygen atoms in total. The summed E-state index contributed by atoms with van der Waals surface area (Å²) in [4.78, 5) is 12.1. The Balaban J connectivity index is 1.71. The maximum atomic E-state index is 12.1. The molecular formula is C24H30O5. The molecule has 0 spiro atoms.